The van der Waals surface area contributed by atoms with Crippen LogP contribution in [-0.4, -0.2) is 18.4 Å². The van der Waals surface area contributed by atoms with Gasteiger partial charge in [-0.15, -0.1) is 0 Å². The minimum absolute atomic E-state index is 0.251. The van der Waals surface area contributed by atoms with E-state index < -0.39 is 11.8 Å². The van der Waals surface area contributed by atoms with E-state index in [0.717, 1.165) is 11.1 Å². The van der Waals surface area contributed by atoms with E-state index in [-0.39, 0.29) is 17.2 Å². The Morgan fingerprint density at radius 3 is 2.29 bits per heavy atom. The summed E-state index contributed by atoms with van der Waals surface area (Å²) in [6.45, 7) is -0.258. The van der Waals surface area contributed by atoms with Crippen LogP contribution in [0.3, 0.4) is 0 Å². The van der Waals surface area contributed by atoms with Crippen LogP contribution < -0.4 is 15.6 Å². The normalized spacial score (nSPS) is 10.2. The van der Waals surface area contributed by atoms with E-state index in [1.165, 1.54) is 18.2 Å². The highest BCUT2D eigenvalue weighted by molar-refractivity contribution is 6.42. The summed E-state index contributed by atoms with van der Waals surface area (Å²) >= 11 is 11.7. The molecule has 2 N–H and O–H groups in total. The average molecular weight is 415 g/mol. The molecule has 0 aromatic heterocycles. The first kappa shape index (κ1) is 19.7. The third kappa shape index (κ3) is 5.03. The molecule has 0 saturated heterocycles. The van der Waals surface area contributed by atoms with Crippen molar-refractivity contribution >= 4 is 35.0 Å². The second kappa shape index (κ2) is 9.26. The molecule has 3 aromatic rings. The Labute approximate surface area is 172 Å². The van der Waals surface area contributed by atoms with Gasteiger partial charge in [-0.3, -0.25) is 20.4 Å². The highest BCUT2D eigenvalue weighted by Crippen LogP contribution is 2.29. The summed E-state index contributed by atoms with van der Waals surface area (Å²) in [7, 11) is 0. The van der Waals surface area contributed by atoms with E-state index >= 15 is 0 Å². The molecule has 0 aliphatic carbocycles. The minimum atomic E-state index is -0.517. The number of halogens is 2. The third-order valence-corrected chi connectivity index (χ3v) is 4.57. The molecule has 7 heteroatoms. The summed E-state index contributed by atoms with van der Waals surface area (Å²) in [5.41, 5.74) is 6.73. The maximum atomic E-state index is 12.1. The molecule has 3 aromatic carbocycles. The lowest BCUT2D eigenvalue weighted by atomic mass is 10.1. The first-order valence-corrected chi connectivity index (χ1v) is 9.11. The van der Waals surface area contributed by atoms with Gasteiger partial charge in [-0.05, 0) is 29.8 Å². The van der Waals surface area contributed by atoms with Crippen LogP contribution in [0.5, 0.6) is 5.75 Å². The molecule has 0 saturated carbocycles. The SMILES string of the molecule is O=C(COc1ccccc1-c1ccccc1)NNC(=O)c1ccc(Cl)c(Cl)c1. The summed E-state index contributed by atoms with van der Waals surface area (Å²) in [6.07, 6.45) is 0. The second-order valence-corrected chi connectivity index (χ2v) is 6.60. The van der Waals surface area contributed by atoms with Crippen molar-refractivity contribution in [2.45, 2.75) is 0 Å². The van der Waals surface area contributed by atoms with Gasteiger partial charge in [0.2, 0.25) is 0 Å². The van der Waals surface area contributed by atoms with Crippen molar-refractivity contribution in [3.05, 3.63) is 88.4 Å². The van der Waals surface area contributed by atoms with Crippen LogP contribution in [0.2, 0.25) is 10.0 Å². The lowest BCUT2D eigenvalue weighted by Crippen LogP contribution is -2.43. The predicted octanol–water partition coefficient (Wildman–Crippen LogP) is 4.50. The number of carbonyl (C=O) groups excluding carboxylic acids is 2. The molecule has 0 radical (unpaired) electrons. The second-order valence-electron chi connectivity index (χ2n) is 5.78. The number of nitrogens with one attached hydrogen (secondary N) is 2. The lowest BCUT2D eigenvalue weighted by molar-refractivity contribution is -0.123. The molecule has 142 valence electrons. The molecule has 0 heterocycles. The zero-order chi connectivity index (χ0) is 19.9. The zero-order valence-electron chi connectivity index (χ0n) is 14.6. The van der Waals surface area contributed by atoms with Crippen molar-refractivity contribution in [2.75, 3.05) is 6.61 Å². The Balaban J connectivity index is 1.56. The molecular formula is C21H16Cl2N2O3. The standard InChI is InChI=1S/C21H16Cl2N2O3/c22-17-11-10-15(12-18(17)23)21(27)25-24-20(26)13-28-19-9-5-4-8-16(19)14-6-2-1-3-7-14/h1-12H,13H2,(H,24,26)(H,25,27). The number of hydrazine groups is 1. The van der Waals surface area contributed by atoms with Crippen molar-refractivity contribution in [1.82, 2.24) is 10.9 Å². The van der Waals surface area contributed by atoms with E-state index in [2.05, 4.69) is 10.9 Å². The van der Waals surface area contributed by atoms with Crippen LogP contribution >= 0.6 is 23.2 Å². The van der Waals surface area contributed by atoms with Gasteiger partial charge in [-0.2, -0.15) is 0 Å². The number of para-hydroxylation sites is 1. The van der Waals surface area contributed by atoms with Crippen molar-refractivity contribution in [3.63, 3.8) is 0 Å². The van der Waals surface area contributed by atoms with Crippen molar-refractivity contribution in [3.8, 4) is 16.9 Å². The van der Waals surface area contributed by atoms with E-state index in [1.807, 2.05) is 48.5 Å². The van der Waals surface area contributed by atoms with E-state index in [4.69, 9.17) is 27.9 Å². The van der Waals surface area contributed by atoms with Crippen LogP contribution in [0.1, 0.15) is 10.4 Å². The van der Waals surface area contributed by atoms with Crippen LogP contribution in [-0.2, 0) is 4.79 Å². The molecule has 0 bridgehead atoms. The maximum Gasteiger partial charge on any atom is 0.276 e. The molecule has 0 fully saturated rings. The van der Waals surface area contributed by atoms with Gasteiger partial charge in [0.1, 0.15) is 5.75 Å². The quantitative estimate of drug-likeness (QED) is 0.603. The zero-order valence-corrected chi connectivity index (χ0v) is 16.1. The molecule has 0 aliphatic rings. The van der Waals surface area contributed by atoms with E-state index in [0.29, 0.717) is 10.8 Å². The van der Waals surface area contributed by atoms with Gasteiger partial charge in [0.15, 0.2) is 6.61 Å². The van der Waals surface area contributed by atoms with Crippen molar-refractivity contribution in [2.24, 2.45) is 0 Å². The molecule has 0 unspecified atom stereocenters. The fourth-order valence-corrected chi connectivity index (χ4v) is 2.76. The summed E-state index contributed by atoms with van der Waals surface area (Å²) in [6, 6.07) is 21.5. The first-order valence-electron chi connectivity index (χ1n) is 8.36. The molecule has 0 atom stereocenters. The molecule has 2 amide bonds. The monoisotopic (exact) mass is 414 g/mol. The number of carbonyl (C=O) groups is 2. The molecule has 3 rings (SSSR count). The van der Waals surface area contributed by atoms with Crippen molar-refractivity contribution < 1.29 is 14.3 Å². The van der Waals surface area contributed by atoms with Gasteiger partial charge in [0, 0.05) is 11.1 Å². The Kier molecular flexibility index (Phi) is 6.53. The van der Waals surface area contributed by atoms with Gasteiger partial charge in [-0.25, -0.2) is 0 Å². The topological polar surface area (TPSA) is 67.4 Å². The average Bonchev–Trinajstić information content (AvgIpc) is 2.73. The Hall–Kier alpha value is -3.02. The minimum Gasteiger partial charge on any atom is -0.483 e. The van der Waals surface area contributed by atoms with Gasteiger partial charge < -0.3 is 4.74 Å². The molecule has 5 nitrogen and oxygen atoms in total. The van der Waals surface area contributed by atoms with Crippen LogP contribution in [0, 0.1) is 0 Å². The Morgan fingerprint density at radius 2 is 1.54 bits per heavy atom. The Morgan fingerprint density at radius 1 is 0.821 bits per heavy atom. The summed E-state index contributed by atoms with van der Waals surface area (Å²) in [5.74, 6) is -0.451. The van der Waals surface area contributed by atoms with E-state index in [9.17, 15) is 9.59 Å². The summed E-state index contributed by atoms with van der Waals surface area (Å²) in [4.78, 5) is 24.1. The lowest BCUT2D eigenvalue weighted by Gasteiger charge is -2.12. The number of benzene rings is 3. The van der Waals surface area contributed by atoms with Crippen LogP contribution in [0.25, 0.3) is 11.1 Å². The van der Waals surface area contributed by atoms with Gasteiger partial charge >= 0.3 is 0 Å². The number of ether oxygens (including phenoxy) is 1. The summed E-state index contributed by atoms with van der Waals surface area (Å²) in [5, 5.41) is 0.592. The third-order valence-electron chi connectivity index (χ3n) is 3.83. The smallest absolute Gasteiger partial charge is 0.276 e. The molecule has 0 spiro atoms. The molecular weight excluding hydrogens is 399 g/mol. The van der Waals surface area contributed by atoms with Gasteiger partial charge in [0.05, 0.1) is 10.0 Å². The van der Waals surface area contributed by atoms with Crippen LogP contribution in [0.4, 0.5) is 0 Å². The molecule has 0 aliphatic heterocycles. The Bertz CT molecular complexity index is 994. The highest BCUT2D eigenvalue weighted by Gasteiger charge is 2.11. The van der Waals surface area contributed by atoms with Crippen molar-refractivity contribution in [1.29, 1.82) is 0 Å². The fraction of sp³-hybridized carbons (Fsp3) is 0.0476. The summed E-state index contributed by atoms with van der Waals surface area (Å²) < 4.78 is 5.62. The van der Waals surface area contributed by atoms with Crippen LogP contribution in [0.15, 0.2) is 72.8 Å². The highest BCUT2D eigenvalue weighted by atomic mass is 35.5. The predicted molar refractivity (Wildman–Crippen MR) is 109 cm³/mol. The number of hydrogen-bond acceptors (Lipinski definition) is 3. The van der Waals surface area contributed by atoms with Gasteiger partial charge in [-0.1, -0.05) is 71.7 Å². The first-order chi connectivity index (χ1) is 13.5. The maximum absolute atomic E-state index is 12.1. The fourth-order valence-electron chi connectivity index (χ4n) is 2.46. The largest absolute Gasteiger partial charge is 0.483 e. The number of amides is 2. The van der Waals surface area contributed by atoms with E-state index in [1.54, 1.807) is 6.07 Å². The molecule has 28 heavy (non-hydrogen) atoms. The van der Waals surface area contributed by atoms with Gasteiger partial charge in [0.25, 0.3) is 11.8 Å². The number of hydrogen-bond donors (Lipinski definition) is 2. The number of rotatable bonds is 5.